The summed E-state index contributed by atoms with van der Waals surface area (Å²) in [5.41, 5.74) is 1.39. The lowest BCUT2D eigenvalue weighted by Gasteiger charge is -2.40. The number of fused-ring (bicyclic) bond motifs is 1. The van der Waals surface area contributed by atoms with Crippen molar-refractivity contribution in [1.82, 2.24) is 0 Å². The van der Waals surface area contributed by atoms with Crippen molar-refractivity contribution in [3.05, 3.63) is 72.4 Å². The smallest absolute Gasteiger partial charge is 0.308 e. The molecule has 0 bridgehead atoms. The highest BCUT2D eigenvalue weighted by atomic mass is 28.4. The normalized spacial score (nSPS) is 33.0. The van der Waals surface area contributed by atoms with E-state index in [0.29, 0.717) is 12.8 Å². The number of rotatable bonds is 5. The van der Waals surface area contributed by atoms with Gasteiger partial charge in [0.2, 0.25) is 0 Å². The Kier molecular flexibility index (Phi) is 9.44. The largest absolute Gasteiger partial charge is 0.457 e. The third-order valence-electron chi connectivity index (χ3n) is 8.10. The van der Waals surface area contributed by atoms with Gasteiger partial charge in [0.25, 0.3) is 0 Å². The van der Waals surface area contributed by atoms with Crippen LogP contribution in [-0.2, 0) is 23.4 Å². The molecule has 2 aliphatic rings. The van der Waals surface area contributed by atoms with Crippen molar-refractivity contribution in [3.63, 3.8) is 0 Å². The predicted octanol–water partition coefficient (Wildman–Crippen LogP) is 7.67. The summed E-state index contributed by atoms with van der Waals surface area (Å²) in [6.07, 6.45) is 8.05. The first-order valence-electron chi connectivity index (χ1n) is 13.5. The second kappa shape index (κ2) is 11.8. The number of hydrogen-bond acceptors (Lipinski definition) is 5. The van der Waals surface area contributed by atoms with Crippen LogP contribution < -0.4 is 0 Å². The minimum Gasteiger partial charge on any atom is -0.457 e. The van der Waals surface area contributed by atoms with Crippen LogP contribution in [0.5, 0.6) is 0 Å². The zero-order chi connectivity index (χ0) is 27.4. The maximum Gasteiger partial charge on any atom is 0.308 e. The van der Waals surface area contributed by atoms with Gasteiger partial charge in [-0.15, -0.1) is 0 Å². The van der Waals surface area contributed by atoms with Crippen LogP contribution in [0.25, 0.3) is 0 Å². The molecule has 1 aromatic carbocycles. The van der Waals surface area contributed by atoms with Gasteiger partial charge in [-0.1, -0.05) is 88.9 Å². The Morgan fingerprint density at radius 1 is 1.19 bits per heavy atom. The highest BCUT2D eigenvalue weighted by Crippen LogP contribution is 2.44. The Bertz CT molecular complexity index is 993. The van der Waals surface area contributed by atoms with Crippen LogP contribution >= 0.6 is 0 Å². The van der Waals surface area contributed by atoms with Crippen LogP contribution in [-0.4, -0.2) is 38.2 Å². The van der Waals surface area contributed by atoms with Gasteiger partial charge in [-0.2, -0.15) is 0 Å². The molecule has 6 atom stereocenters. The van der Waals surface area contributed by atoms with E-state index in [4.69, 9.17) is 18.6 Å². The van der Waals surface area contributed by atoms with Crippen molar-refractivity contribution in [3.8, 4) is 0 Å². The molecule has 5 nitrogen and oxygen atoms in total. The van der Waals surface area contributed by atoms with Gasteiger partial charge in [0.05, 0.1) is 18.1 Å². The monoisotopic (exact) mass is 526 g/mol. The molecule has 0 aliphatic carbocycles. The number of carbonyl (C=O) groups is 1. The number of allylic oxidation sites excluding steroid dienone is 2. The van der Waals surface area contributed by atoms with Gasteiger partial charge in [-0.05, 0) is 50.4 Å². The summed E-state index contributed by atoms with van der Waals surface area (Å²) in [4.78, 5) is 13.2. The third kappa shape index (κ3) is 7.32. The number of benzene rings is 1. The highest BCUT2D eigenvalue weighted by Gasteiger charge is 2.47. The van der Waals surface area contributed by atoms with Crippen LogP contribution in [0.1, 0.15) is 72.7 Å². The maximum atomic E-state index is 13.2. The Balaban J connectivity index is 1.97. The quantitative estimate of drug-likeness (QED) is 0.170. The lowest BCUT2D eigenvalue weighted by atomic mass is 9.89. The Hall–Kier alpha value is -1.99. The van der Waals surface area contributed by atoms with Gasteiger partial charge in [0.1, 0.15) is 12.2 Å². The van der Waals surface area contributed by atoms with Crippen molar-refractivity contribution < 1.29 is 23.4 Å². The van der Waals surface area contributed by atoms with Crippen molar-refractivity contribution in [1.29, 1.82) is 0 Å². The predicted molar refractivity (Wildman–Crippen MR) is 152 cm³/mol. The van der Waals surface area contributed by atoms with E-state index in [0.717, 1.165) is 11.1 Å². The third-order valence-corrected chi connectivity index (χ3v) is 12.6. The molecule has 1 aromatic rings. The highest BCUT2D eigenvalue weighted by molar-refractivity contribution is 6.74. The molecule has 3 rings (SSSR count). The number of cyclic esters (lactones) is 1. The van der Waals surface area contributed by atoms with Gasteiger partial charge in [-0.25, -0.2) is 0 Å². The van der Waals surface area contributed by atoms with Crippen molar-refractivity contribution >= 4 is 14.3 Å². The first kappa shape index (κ1) is 29.6. The van der Waals surface area contributed by atoms with Gasteiger partial charge >= 0.3 is 5.97 Å². The van der Waals surface area contributed by atoms with Crippen molar-refractivity contribution in [2.24, 2.45) is 5.92 Å². The van der Waals surface area contributed by atoms with Crippen LogP contribution in [0.15, 0.2) is 66.8 Å². The molecule has 0 spiro atoms. The summed E-state index contributed by atoms with van der Waals surface area (Å²) in [5, 5.41) is 0.0292. The molecule has 1 fully saturated rings. The number of hydrogen-bond donors (Lipinski definition) is 0. The maximum absolute atomic E-state index is 13.2. The van der Waals surface area contributed by atoms with E-state index in [1.54, 1.807) is 6.08 Å². The van der Waals surface area contributed by atoms with E-state index < -0.39 is 26.3 Å². The van der Waals surface area contributed by atoms with E-state index in [-0.39, 0.29) is 35.6 Å². The molecule has 1 saturated heterocycles. The lowest BCUT2D eigenvalue weighted by Crippen LogP contribution is -2.45. The summed E-state index contributed by atoms with van der Waals surface area (Å²) < 4.78 is 25.9. The standard InChI is InChI=1S/C31H46O5Si/c1-10-14-22(2)28-23(3)17-18-26-31(7,35-29(33-26)24-15-12-11-13-16-24)20-19-25(21-27(32)34-28)36-37(8,9)30(4,5)6/h10-18,23,25-26,28-29H,1,19-21H2,2-9H3/b18-17+,22-14+/t23-,25+,26-,28+,29-,31+/m0/s1. The number of esters is 1. The molecule has 2 aliphatic heterocycles. The van der Waals surface area contributed by atoms with E-state index >= 15 is 0 Å². The van der Waals surface area contributed by atoms with Crippen LogP contribution in [0.4, 0.5) is 0 Å². The molecule has 204 valence electrons. The summed E-state index contributed by atoms with van der Waals surface area (Å²) in [7, 11) is -2.12. The van der Waals surface area contributed by atoms with E-state index in [1.165, 1.54) is 0 Å². The first-order chi connectivity index (χ1) is 17.3. The van der Waals surface area contributed by atoms with Gasteiger partial charge in [0, 0.05) is 11.5 Å². The molecule has 2 heterocycles. The molecule has 37 heavy (non-hydrogen) atoms. The van der Waals surface area contributed by atoms with Crippen LogP contribution in [0, 0.1) is 5.92 Å². The average Bonchev–Trinajstić information content (AvgIpc) is 3.15. The second-order valence-electron chi connectivity index (χ2n) is 12.3. The molecule has 0 N–H and O–H groups in total. The lowest BCUT2D eigenvalue weighted by molar-refractivity contribution is -0.151. The summed E-state index contributed by atoms with van der Waals surface area (Å²) >= 11 is 0. The molecule has 6 heteroatoms. The van der Waals surface area contributed by atoms with E-state index in [2.05, 4.69) is 66.4 Å². The van der Waals surface area contributed by atoms with Crippen molar-refractivity contribution in [2.75, 3.05) is 0 Å². The van der Waals surface area contributed by atoms with Crippen LogP contribution in [0.3, 0.4) is 0 Å². The molecule has 0 unspecified atom stereocenters. The molecule has 0 radical (unpaired) electrons. The Morgan fingerprint density at radius 2 is 1.86 bits per heavy atom. The summed E-state index contributed by atoms with van der Waals surface area (Å²) in [5.74, 6) is -0.290. The fourth-order valence-corrected chi connectivity index (χ4v) is 6.10. The summed E-state index contributed by atoms with van der Waals surface area (Å²) in [6, 6.07) is 10.1. The average molecular weight is 527 g/mol. The fourth-order valence-electron chi connectivity index (χ4n) is 4.72. The van der Waals surface area contributed by atoms with Crippen molar-refractivity contribution in [2.45, 2.75) is 109 Å². The molecule has 0 saturated carbocycles. The fraction of sp³-hybridized carbons (Fsp3) is 0.581. The zero-order valence-corrected chi connectivity index (χ0v) is 25.0. The molecular weight excluding hydrogens is 480 g/mol. The molecular formula is C31H46O5Si. The minimum atomic E-state index is -2.12. The number of ether oxygens (including phenoxy) is 3. The first-order valence-corrected chi connectivity index (χ1v) is 16.4. The van der Waals surface area contributed by atoms with Gasteiger partial charge in [-0.3, -0.25) is 4.79 Å². The van der Waals surface area contributed by atoms with E-state index in [1.807, 2.05) is 43.3 Å². The molecule has 0 aromatic heterocycles. The Labute approximate surface area is 225 Å². The topological polar surface area (TPSA) is 54.0 Å². The van der Waals surface area contributed by atoms with Gasteiger partial charge in [0.15, 0.2) is 14.6 Å². The van der Waals surface area contributed by atoms with E-state index in [9.17, 15) is 4.79 Å². The SMILES string of the molecule is C=C/C=C(\C)[C@H]1OC(=O)C[C@H](O[Si](C)(C)C(C)(C)C)CC[C@@]2(C)O[C@@H](c3ccccc3)O[C@H]2/C=C/[C@@H]1C. The number of carbonyl (C=O) groups excluding carboxylic acids is 1. The minimum absolute atomic E-state index is 0.0292. The molecule has 0 amide bonds. The summed E-state index contributed by atoms with van der Waals surface area (Å²) in [6.45, 7) is 21.1. The Morgan fingerprint density at radius 3 is 2.49 bits per heavy atom. The van der Waals surface area contributed by atoms with Crippen LogP contribution in [0.2, 0.25) is 18.1 Å². The zero-order valence-electron chi connectivity index (χ0n) is 24.0. The van der Waals surface area contributed by atoms with Gasteiger partial charge < -0.3 is 18.6 Å². The second-order valence-corrected chi connectivity index (χ2v) is 17.0.